The maximum atomic E-state index is 10.5. The molecule has 60 valence electrons. The van der Waals surface area contributed by atoms with Gasteiger partial charge in [0.1, 0.15) is 0 Å². The number of carbonyl (C=O) groups excluding carboxylic acids is 1. The lowest BCUT2D eigenvalue weighted by molar-refractivity contribution is -0.150. The van der Waals surface area contributed by atoms with Gasteiger partial charge in [-0.2, -0.15) is 0 Å². The summed E-state index contributed by atoms with van der Waals surface area (Å²) in [6.07, 6.45) is 0.00736. The molecule has 0 aromatic rings. The predicted molar refractivity (Wildman–Crippen MR) is 36.3 cm³/mol. The maximum Gasteiger partial charge on any atom is 0.334 e. The topological polar surface area (TPSA) is 72.5 Å². The second-order valence-corrected chi connectivity index (χ2v) is 1.97. The van der Waals surface area contributed by atoms with E-state index in [1.54, 1.807) is 0 Å². The summed E-state index contributed by atoms with van der Waals surface area (Å²) in [5.74, 6) is -0.589. The van der Waals surface area contributed by atoms with Crippen molar-refractivity contribution in [2.75, 3.05) is 13.7 Å². The maximum absolute atomic E-state index is 10.5. The molecule has 0 heterocycles. The second kappa shape index (κ2) is 5.20. The number of hydrogen-bond donors (Lipinski definition) is 2. The summed E-state index contributed by atoms with van der Waals surface area (Å²) in [5.41, 5.74) is 5.16. The van der Waals surface area contributed by atoms with Crippen molar-refractivity contribution in [3.05, 3.63) is 0 Å². The van der Waals surface area contributed by atoms with Crippen molar-refractivity contribution in [1.29, 1.82) is 0 Å². The zero-order valence-corrected chi connectivity index (χ0v) is 6.04. The van der Waals surface area contributed by atoms with Crippen molar-refractivity contribution in [3.63, 3.8) is 0 Å². The van der Waals surface area contributed by atoms with Gasteiger partial charge in [-0.1, -0.05) is 0 Å². The SMILES string of the molecule is COC(=O)[C@H](O)CCCN. The molecular weight excluding hydrogens is 134 g/mol. The second-order valence-electron chi connectivity index (χ2n) is 1.97. The summed E-state index contributed by atoms with van der Waals surface area (Å²) < 4.78 is 4.28. The Labute approximate surface area is 60.0 Å². The van der Waals surface area contributed by atoms with Gasteiger partial charge in [-0.05, 0) is 19.4 Å². The smallest absolute Gasteiger partial charge is 0.334 e. The zero-order chi connectivity index (χ0) is 7.98. The van der Waals surface area contributed by atoms with Gasteiger partial charge in [0.05, 0.1) is 7.11 Å². The van der Waals surface area contributed by atoms with Crippen molar-refractivity contribution in [1.82, 2.24) is 0 Å². The normalized spacial score (nSPS) is 12.7. The van der Waals surface area contributed by atoms with E-state index in [1.807, 2.05) is 0 Å². The van der Waals surface area contributed by atoms with E-state index in [2.05, 4.69) is 4.74 Å². The van der Waals surface area contributed by atoms with Gasteiger partial charge < -0.3 is 15.6 Å². The van der Waals surface area contributed by atoms with Gasteiger partial charge in [-0.15, -0.1) is 0 Å². The Bertz CT molecular complexity index is 105. The summed E-state index contributed by atoms with van der Waals surface area (Å²) in [6.45, 7) is 0.480. The van der Waals surface area contributed by atoms with Gasteiger partial charge in [0.25, 0.3) is 0 Å². The molecule has 1 atom stereocenters. The van der Waals surface area contributed by atoms with Crippen LogP contribution in [0, 0.1) is 0 Å². The van der Waals surface area contributed by atoms with Crippen LogP contribution in [0.25, 0.3) is 0 Å². The number of methoxy groups -OCH3 is 1. The first-order chi connectivity index (χ1) is 4.72. The number of nitrogens with two attached hydrogens (primary N) is 1. The first-order valence-electron chi connectivity index (χ1n) is 3.18. The van der Waals surface area contributed by atoms with Crippen LogP contribution in [-0.4, -0.2) is 30.8 Å². The summed E-state index contributed by atoms with van der Waals surface area (Å²) in [6, 6.07) is 0. The molecule has 0 saturated carbocycles. The molecule has 0 unspecified atom stereocenters. The van der Waals surface area contributed by atoms with Crippen molar-refractivity contribution in [2.45, 2.75) is 18.9 Å². The third kappa shape index (κ3) is 3.42. The van der Waals surface area contributed by atoms with Gasteiger partial charge in [-0.3, -0.25) is 0 Å². The lowest BCUT2D eigenvalue weighted by Crippen LogP contribution is -2.22. The Morgan fingerprint density at radius 2 is 2.40 bits per heavy atom. The van der Waals surface area contributed by atoms with Crippen LogP contribution < -0.4 is 5.73 Å². The molecule has 0 aliphatic heterocycles. The number of carbonyl (C=O) groups is 1. The van der Waals surface area contributed by atoms with Gasteiger partial charge in [0.2, 0.25) is 0 Å². The molecule has 0 radical (unpaired) electrons. The van der Waals surface area contributed by atoms with E-state index in [9.17, 15) is 4.79 Å². The first-order valence-corrected chi connectivity index (χ1v) is 3.18. The Morgan fingerprint density at radius 3 is 2.80 bits per heavy atom. The van der Waals surface area contributed by atoms with E-state index >= 15 is 0 Å². The molecule has 3 N–H and O–H groups in total. The molecule has 4 nitrogen and oxygen atoms in total. The summed E-state index contributed by atoms with van der Waals surface area (Å²) in [4.78, 5) is 10.5. The number of ether oxygens (including phenoxy) is 1. The third-order valence-corrected chi connectivity index (χ3v) is 1.15. The third-order valence-electron chi connectivity index (χ3n) is 1.15. The molecular formula is C6H13NO3. The van der Waals surface area contributed by atoms with Gasteiger partial charge in [0.15, 0.2) is 6.10 Å². The van der Waals surface area contributed by atoms with Crippen LogP contribution in [0.4, 0.5) is 0 Å². The Morgan fingerprint density at radius 1 is 1.80 bits per heavy atom. The van der Waals surface area contributed by atoms with Crippen LogP contribution in [0.1, 0.15) is 12.8 Å². The van der Waals surface area contributed by atoms with Gasteiger partial charge >= 0.3 is 5.97 Å². The highest BCUT2D eigenvalue weighted by Gasteiger charge is 2.13. The van der Waals surface area contributed by atoms with Gasteiger partial charge in [0, 0.05) is 0 Å². The minimum atomic E-state index is -1.01. The highest BCUT2D eigenvalue weighted by Crippen LogP contribution is 1.96. The minimum Gasteiger partial charge on any atom is -0.467 e. The van der Waals surface area contributed by atoms with Crippen LogP contribution in [-0.2, 0) is 9.53 Å². The van der Waals surface area contributed by atoms with E-state index in [-0.39, 0.29) is 0 Å². The Kier molecular flexibility index (Phi) is 4.88. The molecule has 0 amide bonds. The van der Waals surface area contributed by atoms with Crippen LogP contribution in [0.15, 0.2) is 0 Å². The monoisotopic (exact) mass is 147 g/mol. The van der Waals surface area contributed by atoms with Crippen LogP contribution in [0.2, 0.25) is 0 Å². The number of esters is 1. The molecule has 10 heavy (non-hydrogen) atoms. The fourth-order valence-electron chi connectivity index (χ4n) is 0.565. The average molecular weight is 147 g/mol. The molecule has 0 saturated heterocycles. The predicted octanol–water partition coefficient (Wildman–Crippen LogP) is -0.741. The molecule has 0 spiro atoms. The quantitative estimate of drug-likeness (QED) is 0.514. The number of hydrogen-bond acceptors (Lipinski definition) is 4. The van der Waals surface area contributed by atoms with Crippen LogP contribution in [0.5, 0.6) is 0 Å². The molecule has 0 bridgehead atoms. The highest BCUT2D eigenvalue weighted by molar-refractivity contribution is 5.74. The minimum absolute atomic E-state index is 0.378. The van der Waals surface area contributed by atoms with Crippen LogP contribution in [0.3, 0.4) is 0 Å². The van der Waals surface area contributed by atoms with Crippen molar-refractivity contribution < 1.29 is 14.6 Å². The largest absolute Gasteiger partial charge is 0.467 e. The first kappa shape index (κ1) is 9.39. The van der Waals surface area contributed by atoms with Crippen molar-refractivity contribution >= 4 is 5.97 Å². The van der Waals surface area contributed by atoms with E-state index < -0.39 is 12.1 Å². The zero-order valence-electron chi connectivity index (χ0n) is 6.04. The number of aliphatic hydroxyl groups is 1. The van der Waals surface area contributed by atoms with Gasteiger partial charge in [-0.25, -0.2) is 4.79 Å². The average Bonchev–Trinajstić information content (AvgIpc) is 1.98. The molecule has 0 aromatic heterocycles. The summed E-state index contributed by atoms with van der Waals surface area (Å²) in [5, 5.41) is 8.92. The molecule has 0 fully saturated rings. The standard InChI is InChI=1S/C6H13NO3/c1-10-6(9)5(8)3-2-4-7/h5,8H,2-4,7H2,1H3/t5-/m1/s1. The van der Waals surface area contributed by atoms with E-state index in [0.717, 1.165) is 0 Å². The molecule has 0 aromatic carbocycles. The summed E-state index contributed by atoms with van der Waals surface area (Å²) >= 11 is 0. The fourth-order valence-corrected chi connectivity index (χ4v) is 0.565. The van der Waals surface area contributed by atoms with E-state index in [1.165, 1.54) is 7.11 Å². The molecule has 0 aliphatic rings. The van der Waals surface area contributed by atoms with Crippen molar-refractivity contribution in [3.8, 4) is 0 Å². The molecule has 4 heteroatoms. The Hall–Kier alpha value is -0.610. The fraction of sp³-hybridized carbons (Fsp3) is 0.833. The number of aliphatic hydroxyl groups excluding tert-OH is 1. The highest BCUT2D eigenvalue weighted by atomic mass is 16.5. The Balaban J connectivity index is 3.41. The van der Waals surface area contributed by atoms with Crippen LogP contribution >= 0.6 is 0 Å². The molecule has 0 rings (SSSR count). The van der Waals surface area contributed by atoms with E-state index in [0.29, 0.717) is 19.4 Å². The van der Waals surface area contributed by atoms with Crippen molar-refractivity contribution in [2.24, 2.45) is 5.73 Å². The number of rotatable bonds is 4. The summed E-state index contributed by atoms with van der Waals surface area (Å²) in [7, 11) is 1.24. The molecule has 0 aliphatic carbocycles. The lowest BCUT2D eigenvalue weighted by atomic mass is 10.2. The lowest BCUT2D eigenvalue weighted by Gasteiger charge is -2.05. The van der Waals surface area contributed by atoms with E-state index in [4.69, 9.17) is 10.8 Å².